The van der Waals surface area contributed by atoms with Crippen LogP contribution in [0.4, 0.5) is 5.69 Å². The summed E-state index contributed by atoms with van der Waals surface area (Å²) in [5.41, 5.74) is 1.08. The van der Waals surface area contributed by atoms with Crippen LogP contribution in [0.5, 0.6) is 0 Å². The van der Waals surface area contributed by atoms with Crippen molar-refractivity contribution in [2.45, 2.75) is 0 Å². The zero-order valence-corrected chi connectivity index (χ0v) is 10.3. The van der Waals surface area contributed by atoms with E-state index in [-0.39, 0.29) is 4.99 Å². The second-order valence-corrected chi connectivity index (χ2v) is 4.52. The second-order valence-electron chi connectivity index (χ2n) is 3.22. The van der Waals surface area contributed by atoms with E-state index in [4.69, 9.17) is 12.2 Å². The summed E-state index contributed by atoms with van der Waals surface area (Å²) in [4.78, 5) is 11.3. The molecule has 0 atom stereocenters. The number of hydroxylamine groups is 1. The average Bonchev–Trinajstić information content (AvgIpc) is 2.86. The first-order valence-electron chi connectivity index (χ1n) is 4.78. The highest BCUT2D eigenvalue weighted by Gasteiger charge is 2.15. The van der Waals surface area contributed by atoms with Gasteiger partial charge in [0, 0.05) is 5.56 Å². The minimum Gasteiger partial charge on any atom is -0.284 e. The summed E-state index contributed by atoms with van der Waals surface area (Å²) in [7, 11) is 0. The standard InChI is InChI=1S/C12H8NO2S2/c14-8-11-10(6-7-17-11)12(16)13(15)9-4-2-1-3-5-9/h1-7,15H. The zero-order valence-electron chi connectivity index (χ0n) is 8.66. The summed E-state index contributed by atoms with van der Waals surface area (Å²) in [5, 5.41) is 12.6. The molecule has 0 aliphatic rings. The molecule has 0 bridgehead atoms. The summed E-state index contributed by atoms with van der Waals surface area (Å²) >= 11 is 6.38. The average molecular weight is 262 g/mol. The van der Waals surface area contributed by atoms with Gasteiger partial charge in [-0.2, -0.15) is 0 Å². The van der Waals surface area contributed by atoms with Gasteiger partial charge in [-0.3, -0.25) is 10.0 Å². The first-order valence-corrected chi connectivity index (χ1v) is 6.07. The molecule has 0 aliphatic carbocycles. The van der Waals surface area contributed by atoms with E-state index in [0.717, 1.165) is 5.06 Å². The van der Waals surface area contributed by atoms with Crippen molar-refractivity contribution in [2.24, 2.45) is 0 Å². The van der Waals surface area contributed by atoms with E-state index in [0.29, 0.717) is 16.1 Å². The maximum absolute atomic E-state index is 10.7. The predicted molar refractivity (Wildman–Crippen MR) is 71.5 cm³/mol. The Kier molecular flexibility index (Phi) is 3.63. The molecule has 1 aromatic carbocycles. The van der Waals surface area contributed by atoms with Crippen LogP contribution in [-0.2, 0) is 4.79 Å². The normalized spacial score (nSPS) is 9.94. The van der Waals surface area contributed by atoms with Crippen molar-refractivity contribution in [3.05, 3.63) is 52.2 Å². The minimum atomic E-state index is 0.191. The van der Waals surface area contributed by atoms with E-state index < -0.39 is 0 Å². The maximum Gasteiger partial charge on any atom is 0.245 e. The highest BCUT2D eigenvalue weighted by molar-refractivity contribution is 7.81. The van der Waals surface area contributed by atoms with Crippen molar-refractivity contribution < 1.29 is 10.0 Å². The molecule has 1 heterocycles. The molecule has 0 amide bonds. The van der Waals surface area contributed by atoms with Gasteiger partial charge < -0.3 is 0 Å². The first-order chi connectivity index (χ1) is 8.24. The van der Waals surface area contributed by atoms with Crippen LogP contribution in [0, 0.1) is 0 Å². The number of anilines is 1. The van der Waals surface area contributed by atoms with Gasteiger partial charge in [0.1, 0.15) is 4.99 Å². The molecule has 2 aromatic rings. The topological polar surface area (TPSA) is 40.5 Å². The van der Waals surface area contributed by atoms with Crippen LogP contribution in [0.3, 0.4) is 0 Å². The van der Waals surface area contributed by atoms with Crippen molar-refractivity contribution in [2.75, 3.05) is 5.06 Å². The largest absolute Gasteiger partial charge is 0.284 e. The van der Waals surface area contributed by atoms with E-state index in [1.807, 2.05) is 6.07 Å². The Labute approximate surface area is 108 Å². The lowest BCUT2D eigenvalue weighted by Crippen LogP contribution is -2.26. The van der Waals surface area contributed by atoms with Crippen LogP contribution >= 0.6 is 23.6 Å². The van der Waals surface area contributed by atoms with E-state index in [1.165, 1.54) is 11.3 Å². The predicted octanol–water partition coefficient (Wildman–Crippen LogP) is 2.78. The quantitative estimate of drug-likeness (QED) is 0.682. The third kappa shape index (κ3) is 2.41. The molecule has 0 saturated carbocycles. The second kappa shape index (κ2) is 5.18. The van der Waals surface area contributed by atoms with Gasteiger partial charge in [-0.1, -0.05) is 30.4 Å². The lowest BCUT2D eigenvalue weighted by molar-refractivity contribution is 0.315. The maximum atomic E-state index is 10.7. The highest BCUT2D eigenvalue weighted by atomic mass is 32.1. The van der Waals surface area contributed by atoms with E-state index in [1.54, 1.807) is 42.0 Å². The highest BCUT2D eigenvalue weighted by Crippen LogP contribution is 2.20. The Bertz CT molecular complexity index is 536. The van der Waals surface area contributed by atoms with Crippen molar-refractivity contribution in [1.29, 1.82) is 0 Å². The summed E-state index contributed by atoms with van der Waals surface area (Å²) in [6.45, 7) is 0. The van der Waals surface area contributed by atoms with Crippen molar-refractivity contribution >= 4 is 40.5 Å². The lowest BCUT2D eigenvalue weighted by Gasteiger charge is -2.17. The Morgan fingerprint density at radius 2 is 2.00 bits per heavy atom. The first kappa shape index (κ1) is 11.9. The molecule has 0 saturated heterocycles. The van der Waals surface area contributed by atoms with Crippen LogP contribution in [0.1, 0.15) is 10.4 Å². The van der Waals surface area contributed by atoms with Gasteiger partial charge in [0.25, 0.3) is 0 Å². The molecule has 5 heteroatoms. The molecule has 17 heavy (non-hydrogen) atoms. The van der Waals surface area contributed by atoms with Crippen molar-refractivity contribution in [3.63, 3.8) is 0 Å². The van der Waals surface area contributed by atoms with E-state index in [9.17, 15) is 10.0 Å². The SMILES string of the molecule is O=[C]c1sccc1C(=S)N(O)c1ccccc1. The van der Waals surface area contributed by atoms with Crippen molar-refractivity contribution in [3.8, 4) is 0 Å². The number of thiocarbonyl (C=S) groups is 1. The zero-order chi connectivity index (χ0) is 12.3. The van der Waals surface area contributed by atoms with Gasteiger partial charge in [0.15, 0.2) is 0 Å². The van der Waals surface area contributed by atoms with Crippen LogP contribution < -0.4 is 5.06 Å². The number of rotatable bonds is 3. The molecule has 0 spiro atoms. The minimum absolute atomic E-state index is 0.191. The fourth-order valence-corrected chi connectivity index (χ4v) is 2.38. The van der Waals surface area contributed by atoms with E-state index >= 15 is 0 Å². The van der Waals surface area contributed by atoms with Crippen LogP contribution in [0.2, 0.25) is 0 Å². The number of nitrogens with zero attached hydrogens (tertiary/aromatic N) is 1. The number of carbonyl (C=O) groups excluding carboxylic acids is 1. The van der Waals surface area contributed by atoms with Gasteiger partial charge >= 0.3 is 0 Å². The van der Waals surface area contributed by atoms with Gasteiger partial charge in [-0.05, 0) is 23.6 Å². The molecular formula is C12H8NO2S2. The van der Waals surface area contributed by atoms with Crippen molar-refractivity contribution in [1.82, 2.24) is 0 Å². The monoisotopic (exact) mass is 262 g/mol. The Hall–Kier alpha value is -1.56. The fourth-order valence-electron chi connectivity index (χ4n) is 1.36. The Morgan fingerprint density at radius 3 is 2.65 bits per heavy atom. The Morgan fingerprint density at radius 1 is 1.29 bits per heavy atom. The summed E-state index contributed by atoms with van der Waals surface area (Å²) in [5.74, 6) is 0. The fraction of sp³-hybridized carbons (Fsp3) is 0. The van der Waals surface area contributed by atoms with Crippen LogP contribution in [-0.4, -0.2) is 16.5 Å². The molecular weight excluding hydrogens is 254 g/mol. The lowest BCUT2D eigenvalue weighted by atomic mass is 10.2. The summed E-state index contributed by atoms with van der Waals surface area (Å²) in [6, 6.07) is 10.6. The molecule has 1 radical (unpaired) electrons. The number of para-hydroxylation sites is 1. The molecule has 85 valence electrons. The van der Waals surface area contributed by atoms with Crippen LogP contribution in [0.25, 0.3) is 0 Å². The third-order valence-electron chi connectivity index (χ3n) is 2.18. The molecule has 0 unspecified atom stereocenters. The number of hydrogen-bond donors (Lipinski definition) is 1. The molecule has 0 aliphatic heterocycles. The molecule has 2 rings (SSSR count). The molecule has 1 N–H and O–H groups in total. The third-order valence-corrected chi connectivity index (χ3v) is 3.39. The molecule has 0 fully saturated rings. The van der Waals surface area contributed by atoms with Gasteiger partial charge in [-0.25, -0.2) is 5.06 Å². The molecule has 1 aromatic heterocycles. The molecule has 3 nitrogen and oxygen atoms in total. The van der Waals surface area contributed by atoms with E-state index in [2.05, 4.69) is 0 Å². The number of thiophene rings is 1. The number of benzene rings is 1. The number of hydrogen-bond acceptors (Lipinski definition) is 4. The van der Waals surface area contributed by atoms with Crippen LogP contribution in [0.15, 0.2) is 41.8 Å². The summed E-state index contributed by atoms with van der Waals surface area (Å²) in [6.07, 6.45) is 1.81. The van der Waals surface area contributed by atoms with Gasteiger partial charge in [-0.15, -0.1) is 11.3 Å². The van der Waals surface area contributed by atoms with Gasteiger partial charge in [0.2, 0.25) is 6.29 Å². The van der Waals surface area contributed by atoms with Gasteiger partial charge in [0.05, 0.1) is 10.6 Å². The Balaban J connectivity index is 2.30. The summed E-state index contributed by atoms with van der Waals surface area (Å²) < 4.78 is 0. The smallest absolute Gasteiger partial charge is 0.245 e.